The summed E-state index contributed by atoms with van der Waals surface area (Å²) in [7, 11) is 0. The third-order valence-corrected chi connectivity index (χ3v) is 10.4. The summed E-state index contributed by atoms with van der Waals surface area (Å²) in [6, 6.07) is 2.02. The van der Waals surface area contributed by atoms with Crippen molar-refractivity contribution in [3.63, 3.8) is 0 Å². The standard InChI is InChI=1S/C27H40N2O2/c1-25-12-9-20(30)16-19(25)4-5-21-22-6-7-24(26(22,2)13-10-23(21)25)27(3,31)14-8-18-11-15-28-29-17-18/h4,11,15,17,20-24,30-31H,5-10,12-14,16H2,1-3H3/t20-,21-,22-,23-,24-,25-,26-,27?/m0/s1. The molecule has 3 saturated carbocycles. The van der Waals surface area contributed by atoms with E-state index in [0.29, 0.717) is 17.3 Å². The fourth-order valence-corrected chi connectivity index (χ4v) is 8.70. The Bertz CT molecular complexity index is 837. The molecular formula is C27H40N2O2. The summed E-state index contributed by atoms with van der Waals surface area (Å²) in [6.45, 7) is 7.09. The van der Waals surface area contributed by atoms with Crippen LogP contribution in [0.5, 0.6) is 0 Å². The van der Waals surface area contributed by atoms with Crippen LogP contribution in [-0.2, 0) is 6.42 Å². The molecule has 4 nitrogen and oxygen atoms in total. The quantitative estimate of drug-likeness (QED) is 0.660. The molecule has 1 unspecified atom stereocenters. The molecule has 3 fully saturated rings. The third-order valence-electron chi connectivity index (χ3n) is 10.4. The maximum absolute atomic E-state index is 11.7. The lowest BCUT2D eigenvalue weighted by molar-refractivity contribution is -0.104. The average Bonchev–Trinajstić information content (AvgIpc) is 3.12. The van der Waals surface area contributed by atoms with Gasteiger partial charge in [-0.2, -0.15) is 10.2 Å². The largest absolute Gasteiger partial charge is 0.393 e. The van der Waals surface area contributed by atoms with E-state index in [2.05, 4.69) is 37.0 Å². The van der Waals surface area contributed by atoms with Crippen LogP contribution in [0.15, 0.2) is 30.1 Å². The van der Waals surface area contributed by atoms with E-state index < -0.39 is 5.60 Å². The van der Waals surface area contributed by atoms with Crippen molar-refractivity contribution < 1.29 is 10.2 Å². The Kier molecular flexibility index (Phi) is 5.33. The molecule has 4 heteroatoms. The molecule has 4 aliphatic carbocycles. The molecule has 31 heavy (non-hydrogen) atoms. The van der Waals surface area contributed by atoms with Crippen LogP contribution >= 0.6 is 0 Å². The van der Waals surface area contributed by atoms with Gasteiger partial charge in [-0.3, -0.25) is 0 Å². The lowest BCUT2D eigenvalue weighted by Gasteiger charge is -2.59. The number of hydrogen-bond donors (Lipinski definition) is 2. The van der Waals surface area contributed by atoms with Gasteiger partial charge in [-0.15, -0.1) is 0 Å². The van der Waals surface area contributed by atoms with Gasteiger partial charge in [0, 0.05) is 6.20 Å². The minimum absolute atomic E-state index is 0.133. The maximum Gasteiger partial charge on any atom is 0.0656 e. The maximum atomic E-state index is 11.7. The van der Waals surface area contributed by atoms with Crippen molar-refractivity contribution >= 4 is 0 Å². The van der Waals surface area contributed by atoms with Gasteiger partial charge >= 0.3 is 0 Å². The number of allylic oxidation sites excluding steroid dienone is 1. The van der Waals surface area contributed by atoms with E-state index in [1.807, 2.05) is 12.3 Å². The molecule has 170 valence electrons. The van der Waals surface area contributed by atoms with Crippen LogP contribution in [0.1, 0.15) is 84.1 Å². The first kappa shape index (κ1) is 21.6. The highest BCUT2D eigenvalue weighted by molar-refractivity contribution is 5.25. The predicted octanol–water partition coefficient (Wildman–Crippen LogP) is 5.10. The van der Waals surface area contributed by atoms with E-state index in [0.717, 1.165) is 55.9 Å². The summed E-state index contributed by atoms with van der Waals surface area (Å²) in [6.07, 6.45) is 16.7. The van der Waals surface area contributed by atoms with Gasteiger partial charge in [0.15, 0.2) is 0 Å². The number of aryl methyl sites for hydroxylation is 1. The smallest absolute Gasteiger partial charge is 0.0656 e. The van der Waals surface area contributed by atoms with E-state index >= 15 is 0 Å². The van der Waals surface area contributed by atoms with Crippen molar-refractivity contribution in [1.29, 1.82) is 0 Å². The molecule has 4 aliphatic rings. The predicted molar refractivity (Wildman–Crippen MR) is 122 cm³/mol. The average molecular weight is 425 g/mol. The Morgan fingerprint density at radius 1 is 1.10 bits per heavy atom. The van der Waals surface area contributed by atoms with Crippen LogP contribution in [0.3, 0.4) is 0 Å². The Morgan fingerprint density at radius 3 is 2.71 bits per heavy atom. The van der Waals surface area contributed by atoms with E-state index in [1.54, 1.807) is 11.8 Å². The number of fused-ring (bicyclic) bond motifs is 5. The van der Waals surface area contributed by atoms with Gasteiger partial charge in [0.1, 0.15) is 0 Å². The van der Waals surface area contributed by atoms with E-state index in [1.165, 1.54) is 25.7 Å². The summed E-state index contributed by atoms with van der Waals surface area (Å²) < 4.78 is 0. The van der Waals surface area contributed by atoms with Crippen LogP contribution in [0, 0.1) is 34.5 Å². The van der Waals surface area contributed by atoms with Crippen LogP contribution in [0.25, 0.3) is 0 Å². The van der Waals surface area contributed by atoms with E-state index in [9.17, 15) is 10.2 Å². The van der Waals surface area contributed by atoms with Crippen molar-refractivity contribution in [2.75, 3.05) is 0 Å². The van der Waals surface area contributed by atoms with Gasteiger partial charge < -0.3 is 10.2 Å². The fraction of sp³-hybridized carbons (Fsp3) is 0.778. The van der Waals surface area contributed by atoms with E-state index in [-0.39, 0.29) is 11.5 Å². The third kappa shape index (κ3) is 3.49. The fourth-order valence-electron chi connectivity index (χ4n) is 8.70. The Morgan fingerprint density at radius 2 is 1.94 bits per heavy atom. The van der Waals surface area contributed by atoms with E-state index in [4.69, 9.17) is 0 Å². The molecule has 1 heterocycles. The van der Waals surface area contributed by atoms with Crippen LogP contribution in [-0.4, -0.2) is 32.1 Å². The van der Waals surface area contributed by atoms with Gasteiger partial charge in [-0.1, -0.05) is 25.5 Å². The molecule has 0 bridgehead atoms. The highest BCUT2D eigenvalue weighted by atomic mass is 16.3. The number of rotatable bonds is 4. The molecule has 0 aromatic carbocycles. The Balaban J connectivity index is 1.35. The first-order valence-corrected chi connectivity index (χ1v) is 12.6. The summed E-state index contributed by atoms with van der Waals surface area (Å²) in [5.74, 6) is 2.58. The number of hydrogen-bond acceptors (Lipinski definition) is 4. The summed E-state index contributed by atoms with van der Waals surface area (Å²) in [5, 5.41) is 29.8. The molecule has 0 radical (unpaired) electrons. The lowest BCUT2D eigenvalue weighted by Crippen LogP contribution is -2.53. The van der Waals surface area contributed by atoms with Crippen molar-refractivity contribution in [2.24, 2.45) is 34.5 Å². The summed E-state index contributed by atoms with van der Waals surface area (Å²) >= 11 is 0. The molecular weight excluding hydrogens is 384 g/mol. The number of aliphatic hydroxyl groups is 2. The lowest BCUT2D eigenvalue weighted by atomic mass is 9.46. The molecule has 0 amide bonds. The van der Waals surface area contributed by atoms with Crippen LogP contribution < -0.4 is 0 Å². The number of aliphatic hydroxyl groups excluding tert-OH is 1. The number of nitrogens with zero attached hydrogens (tertiary/aromatic N) is 2. The van der Waals surface area contributed by atoms with Crippen LogP contribution in [0.4, 0.5) is 0 Å². The molecule has 2 N–H and O–H groups in total. The van der Waals surface area contributed by atoms with Gasteiger partial charge in [0.2, 0.25) is 0 Å². The zero-order chi connectivity index (χ0) is 21.9. The SMILES string of the molecule is CC(O)(CCc1ccnnc1)[C@H]1CC[C@H]2[C@@H]3CC=C4C[C@@H](O)CC[C@]4(C)[C@H]3CC[C@]12C. The second kappa shape index (κ2) is 7.66. The second-order valence-electron chi connectivity index (χ2n) is 11.9. The number of aromatic nitrogens is 2. The topological polar surface area (TPSA) is 66.2 Å². The van der Waals surface area contributed by atoms with Gasteiger partial charge in [0.05, 0.1) is 17.9 Å². The minimum atomic E-state index is -0.645. The highest BCUT2D eigenvalue weighted by Crippen LogP contribution is 2.67. The van der Waals surface area contributed by atoms with Gasteiger partial charge in [-0.25, -0.2) is 0 Å². The molecule has 8 atom stereocenters. The molecule has 5 rings (SSSR count). The summed E-state index contributed by atoms with van der Waals surface area (Å²) in [5.41, 5.74) is 2.59. The molecule has 1 aromatic rings. The first-order chi connectivity index (χ1) is 14.7. The Hall–Kier alpha value is -1.26. The summed E-state index contributed by atoms with van der Waals surface area (Å²) in [4.78, 5) is 0. The Labute approximate surface area is 187 Å². The zero-order valence-corrected chi connectivity index (χ0v) is 19.6. The van der Waals surface area contributed by atoms with Crippen molar-refractivity contribution in [3.8, 4) is 0 Å². The van der Waals surface area contributed by atoms with Crippen molar-refractivity contribution in [1.82, 2.24) is 10.2 Å². The zero-order valence-electron chi connectivity index (χ0n) is 19.6. The minimum Gasteiger partial charge on any atom is -0.393 e. The monoisotopic (exact) mass is 424 g/mol. The van der Waals surface area contributed by atoms with Gasteiger partial charge in [0.25, 0.3) is 0 Å². The molecule has 1 aromatic heterocycles. The second-order valence-corrected chi connectivity index (χ2v) is 11.9. The highest BCUT2D eigenvalue weighted by Gasteiger charge is 2.61. The van der Waals surface area contributed by atoms with Crippen molar-refractivity contribution in [3.05, 3.63) is 35.7 Å². The molecule has 0 aliphatic heterocycles. The normalized spacial score (nSPS) is 43.9. The van der Waals surface area contributed by atoms with Gasteiger partial charge in [-0.05, 0) is 117 Å². The molecule has 0 saturated heterocycles. The van der Waals surface area contributed by atoms with Crippen LogP contribution in [0.2, 0.25) is 0 Å². The van der Waals surface area contributed by atoms with Crippen molar-refractivity contribution in [2.45, 2.75) is 96.7 Å². The first-order valence-electron chi connectivity index (χ1n) is 12.6. The molecule has 0 spiro atoms.